The van der Waals surface area contributed by atoms with Gasteiger partial charge in [0.05, 0.1) is 25.8 Å². The molecule has 0 bridgehead atoms. The number of carbonyl (C=O) groups excluding carboxylic acids is 1. The molecule has 117 valence electrons. The van der Waals surface area contributed by atoms with Gasteiger partial charge in [0.1, 0.15) is 11.3 Å². The summed E-state index contributed by atoms with van der Waals surface area (Å²) >= 11 is 3.43. The number of halogens is 1. The first-order chi connectivity index (χ1) is 10.1. The van der Waals surface area contributed by atoms with E-state index in [1.807, 2.05) is 0 Å². The number of hydrogen-bond acceptors (Lipinski definition) is 4. The largest absolute Gasteiger partial charge is 0.495 e. The quantitative estimate of drug-likeness (QED) is 0.554. The van der Waals surface area contributed by atoms with Crippen molar-refractivity contribution in [3.8, 4) is 17.2 Å². The van der Waals surface area contributed by atoms with E-state index in [0.29, 0.717) is 32.9 Å². The Labute approximate surface area is 153 Å². The van der Waals surface area contributed by atoms with Crippen LogP contribution in [0.2, 0.25) is 0 Å². The smallest absolute Gasteiger partial charge is 0.189 e. The summed E-state index contributed by atoms with van der Waals surface area (Å²) in [5.74, 6) is 1.50. The van der Waals surface area contributed by atoms with Gasteiger partial charge >= 0.3 is 0 Å². The van der Waals surface area contributed by atoms with E-state index in [9.17, 15) is 4.79 Å². The monoisotopic (exact) mass is 381 g/mol. The van der Waals surface area contributed by atoms with Crippen LogP contribution >= 0.6 is 24.5 Å². The summed E-state index contributed by atoms with van der Waals surface area (Å²) in [6.45, 7) is 0. The standard InChI is InChI=1S/C15H20BrO4P.Li/c1-18-11-8-10(16)13(19-2)12(14(11)20-3)15(17)21-9-6-4-5-7-9;/h8-9,21H,4-7H2,1-3H3;. The zero-order valence-electron chi connectivity index (χ0n) is 13.5. The maximum absolute atomic E-state index is 12.8. The van der Waals surface area contributed by atoms with Crippen LogP contribution in [0.15, 0.2) is 10.5 Å². The van der Waals surface area contributed by atoms with Crippen LogP contribution in [0.5, 0.6) is 17.2 Å². The van der Waals surface area contributed by atoms with Crippen LogP contribution in [0.4, 0.5) is 0 Å². The molecule has 2 rings (SSSR count). The Kier molecular flexibility index (Phi) is 8.28. The summed E-state index contributed by atoms with van der Waals surface area (Å²) in [4.78, 5) is 12.8. The topological polar surface area (TPSA) is 44.8 Å². The van der Waals surface area contributed by atoms with Gasteiger partial charge in [-0.05, 0) is 43.0 Å². The van der Waals surface area contributed by atoms with Crippen molar-refractivity contribution in [1.29, 1.82) is 0 Å². The Morgan fingerprint density at radius 3 is 2.23 bits per heavy atom. The predicted octanol–water partition coefficient (Wildman–Crippen LogP) is 3.86. The second kappa shape index (κ2) is 9.18. The first-order valence-electron chi connectivity index (χ1n) is 6.91. The van der Waals surface area contributed by atoms with Crippen LogP contribution in [0.1, 0.15) is 36.0 Å². The minimum Gasteiger partial charge on any atom is -0.495 e. The van der Waals surface area contributed by atoms with E-state index in [-0.39, 0.29) is 33.0 Å². The van der Waals surface area contributed by atoms with Gasteiger partial charge in [0.15, 0.2) is 17.0 Å². The van der Waals surface area contributed by atoms with Gasteiger partial charge in [0.25, 0.3) is 0 Å². The molecule has 0 aliphatic heterocycles. The van der Waals surface area contributed by atoms with E-state index in [4.69, 9.17) is 14.2 Å². The fraction of sp³-hybridized carbons (Fsp3) is 0.533. The average molecular weight is 382 g/mol. The van der Waals surface area contributed by atoms with Crippen molar-refractivity contribution in [1.82, 2.24) is 0 Å². The van der Waals surface area contributed by atoms with Crippen LogP contribution in [-0.4, -0.2) is 51.4 Å². The number of benzene rings is 1. The molecule has 0 amide bonds. The number of carbonyl (C=O) groups is 1. The molecule has 1 fully saturated rings. The molecule has 0 N–H and O–H groups in total. The summed E-state index contributed by atoms with van der Waals surface area (Å²) in [6.07, 6.45) is 4.72. The summed E-state index contributed by atoms with van der Waals surface area (Å²) in [7, 11) is 4.91. The van der Waals surface area contributed by atoms with Crippen molar-refractivity contribution in [2.75, 3.05) is 21.3 Å². The molecule has 1 radical (unpaired) electrons. The zero-order valence-corrected chi connectivity index (χ0v) is 16.1. The van der Waals surface area contributed by atoms with Crippen LogP contribution in [0, 0.1) is 0 Å². The minimum atomic E-state index is 0. The van der Waals surface area contributed by atoms with Gasteiger partial charge < -0.3 is 14.2 Å². The van der Waals surface area contributed by atoms with E-state index < -0.39 is 0 Å². The van der Waals surface area contributed by atoms with Gasteiger partial charge in [-0.3, -0.25) is 4.79 Å². The Hall–Kier alpha value is -0.203. The molecule has 22 heavy (non-hydrogen) atoms. The molecule has 1 atom stereocenters. The van der Waals surface area contributed by atoms with Gasteiger partial charge in [-0.1, -0.05) is 12.8 Å². The Morgan fingerprint density at radius 1 is 1.14 bits per heavy atom. The van der Waals surface area contributed by atoms with Gasteiger partial charge in [-0.25, -0.2) is 0 Å². The van der Waals surface area contributed by atoms with Gasteiger partial charge in [-0.15, -0.1) is 0 Å². The Balaban J connectivity index is 0.00000242. The van der Waals surface area contributed by atoms with E-state index in [0.717, 1.165) is 12.8 Å². The maximum atomic E-state index is 12.8. The van der Waals surface area contributed by atoms with Crippen LogP contribution in [0.25, 0.3) is 0 Å². The number of methoxy groups -OCH3 is 3. The Bertz CT molecular complexity index is 533. The molecule has 1 aromatic rings. The molecule has 0 aromatic heterocycles. The van der Waals surface area contributed by atoms with Gasteiger partial charge in [0.2, 0.25) is 0 Å². The average Bonchev–Trinajstić information content (AvgIpc) is 2.98. The van der Waals surface area contributed by atoms with Crippen molar-refractivity contribution in [2.45, 2.75) is 31.3 Å². The van der Waals surface area contributed by atoms with Crippen LogP contribution in [0.3, 0.4) is 0 Å². The number of rotatable bonds is 6. The molecule has 1 saturated carbocycles. The van der Waals surface area contributed by atoms with E-state index in [1.165, 1.54) is 12.8 Å². The van der Waals surface area contributed by atoms with E-state index >= 15 is 0 Å². The molecule has 0 spiro atoms. The molecule has 1 aliphatic carbocycles. The molecule has 7 heteroatoms. The number of hydrogen-bond donors (Lipinski definition) is 0. The van der Waals surface area contributed by atoms with Crippen LogP contribution < -0.4 is 14.2 Å². The fourth-order valence-corrected chi connectivity index (χ4v) is 4.69. The summed E-state index contributed by atoms with van der Waals surface area (Å²) < 4.78 is 16.8. The maximum Gasteiger partial charge on any atom is 0.189 e. The first kappa shape index (κ1) is 19.8. The summed E-state index contributed by atoms with van der Waals surface area (Å²) in [6, 6.07) is 1.76. The first-order valence-corrected chi connectivity index (χ1v) is 8.78. The third-order valence-corrected chi connectivity index (χ3v) is 5.79. The minimum absolute atomic E-state index is 0. The molecule has 1 aromatic carbocycles. The summed E-state index contributed by atoms with van der Waals surface area (Å²) in [5, 5.41) is 0. The van der Waals surface area contributed by atoms with Crippen molar-refractivity contribution in [2.24, 2.45) is 0 Å². The third-order valence-electron chi connectivity index (χ3n) is 3.70. The van der Waals surface area contributed by atoms with Crippen molar-refractivity contribution < 1.29 is 19.0 Å². The molecular weight excluding hydrogens is 362 g/mol. The zero-order chi connectivity index (χ0) is 15.4. The second-order valence-electron chi connectivity index (χ2n) is 4.96. The van der Waals surface area contributed by atoms with Crippen molar-refractivity contribution in [3.63, 3.8) is 0 Å². The molecule has 0 saturated heterocycles. The molecule has 4 nitrogen and oxygen atoms in total. The van der Waals surface area contributed by atoms with E-state index in [2.05, 4.69) is 15.9 Å². The predicted molar refractivity (Wildman–Crippen MR) is 94.5 cm³/mol. The summed E-state index contributed by atoms with van der Waals surface area (Å²) in [5.41, 5.74) is 1.06. The normalized spacial score (nSPS) is 14.9. The van der Waals surface area contributed by atoms with Crippen LogP contribution in [-0.2, 0) is 0 Å². The SMILES string of the molecule is COc1cc(Br)c(OC)c(C(=O)PC2CCCC2)c1OC.[Li]. The third kappa shape index (κ3) is 4.20. The van der Waals surface area contributed by atoms with Crippen molar-refractivity contribution in [3.05, 3.63) is 16.1 Å². The molecule has 0 heterocycles. The second-order valence-corrected chi connectivity index (χ2v) is 7.37. The van der Waals surface area contributed by atoms with Gasteiger partial charge in [0, 0.05) is 24.9 Å². The Morgan fingerprint density at radius 2 is 1.73 bits per heavy atom. The van der Waals surface area contributed by atoms with Gasteiger partial charge in [-0.2, -0.15) is 0 Å². The fourth-order valence-electron chi connectivity index (χ4n) is 2.68. The van der Waals surface area contributed by atoms with Crippen molar-refractivity contribution >= 4 is 48.9 Å². The van der Waals surface area contributed by atoms with E-state index in [1.54, 1.807) is 27.4 Å². The molecular formula is C15H20BrLiO4P. The molecule has 1 unspecified atom stereocenters. The number of ether oxygens (including phenoxy) is 3. The molecule has 1 aliphatic rings.